The van der Waals surface area contributed by atoms with E-state index in [-0.39, 0.29) is 11.9 Å². The summed E-state index contributed by atoms with van der Waals surface area (Å²) >= 11 is 1.57. The first-order valence-electron chi connectivity index (χ1n) is 6.48. The standard InChI is InChI=1S/C13H19N5OS/c1-5-9-10(14)11(18(4)17-9)12(19)16-8(3)13-15-6-7(2)20-13/h6,8H,5,14H2,1-4H3,(H,16,19). The average Bonchev–Trinajstić information content (AvgIpc) is 2.93. The fourth-order valence-corrected chi connectivity index (χ4v) is 2.80. The van der Waals surface area contributed by atoms with Crippen molar-refractivity contribution in [2.45, 2.75) is 33.2 Å². The van der Waals surface area contributed by atoms with E-state index in [9.17, 15) is 4.79 Å². The molecule has 20 heavy (non-hydrogen) atoms. The van der Waals surface area contributed by atoms with Gasteiger partial charge in [-0.1, -0.05) is 6.92 Å². The Balaban J connectivity index is 2.18. The van der Waals surface area contributed by atoms with Crippen molar-refractivity contribution in [3.63, 3.8) is 0 Å². The predicted octanol–water partition coefficient (Wildman–Crippen LogP) is 1.82. The number of amides is 1. The van der Waals surface area contributed by atoms with Crippen molar-refractivity contribution < 1.29 is 4.79 Å². The van der Waals surface area contributed by atoms with Gasteiger partial charge in [-0.25, -0.2) is 4.98 Å². The van der Waals surface area contributed by atoms with Crippen LogP contribution in [0.3, 0.4) is 0 Å². The second kappa shape index (κ2) is 5.62. The number of nitrogen functional groups attached to an aromatic ring is 1. The molecule has 0 fully saturated rings. The van der Waals surface area contributed by atoms with Gasteiger partial charge in [-0.15, -0.1) is 11.3 Å². The molecule has 1 unspecified atom stereocenters. The molecule has 6 nitrogen and oxygen atoms in total. The normalized spacial score (nSPS) is 12.4. The summed E-state index contributed by atoms with van der Waals surface area (Å²) in [6.45, 7) is 5.85. The van der Waals surface area contributed by atoms with Gasteiger partial charge in [0, 0.05) is 18.1 Å². The van der Waals surface area contributed by atoms with E-state index < -0.39 is 0 Å². The highest BCUT2D eigenvalue weighted by molar-refractivity contribution is 7.11. The Bertz CT molecular complexity index is 631. The van der Waals surface area contributed by atoms with Gasteiger partial charge in [-0.05, 0) is 20.3 Å². The van der Waals surface area contributed by atoms with E-state index in [0.717, 1.165) is 15.6 Å². The molecule has 1 amide bonds. The molecule has 0 radical (unpaired) electrons. The highest BCUT2D eigenvalue weighted by Gasteiger charge is 2.21. The minimum Gasteiger partial charge on any atom is -0.395 e. The molecule has 0 saturated heterocycles. The van der Waals surface area contributed by atoms with E-state index >= 15 is 0 Å². The maximum Gasteiger partial charge on any atom is 0.272 e. The highest BCUT2D eigenvalue weighted by atomic mass is 32.1. The number of carbonyl (C=O) groups excluding carboxylic acids is 1. The van der Waals surface area contributed by atoms with Crippen molar-refractivity contribution in [3.8, 4) is 0 Å². The molecule has 2 aromatic heterocycles. The van der Waals surface area contributed by atoms with Gasteiger partial charge in [0.25, 0.3) is 5.91 Å². The van der Waals surface area contributed by atoms with Crippen LogP contribution in [-0.2, 0) is 13.5 Å². The third-order valence-corrected chi connectivity index (χ3v) is 4.16. The topological polar surface area (TPSA) is 85.8 Å². The van der Waals surface area contributed by atoms with Crippen molar-refractivity contribution in [1.29, 1.82) is 0 Å². The molecule has 0 aromatic carbocycles. The number of thiazole rings is 1. The first-order chi connectivity index (χ1) is 9.43. The van der Waals surface area contributed by atoms with E-state index in [0.29, 0.717) is 17.8 Å². The molecule has 108 valence electrons. The lowest BCUT2D eigenvalue weighted by molar-refractivity contribution is 0.0931. The number of hydrogen-bond donors (Lipinski definition) is 2. The van der Waals surface area contributed by atoms with Crippen LogP contribution < -0.4 is 11.1 Å². The summed E-state index contributed by atoms with van der Waals surface area (Å²) in [6.07, 6.45) is 2.50. The van der Waals surface area contributed by atoms with Crippen LogP contribution in [0.2, 0.25) is 0 Å². The number of aryl methyl sites for hydroxylation is 3. The Labute approximate surface area is 122 Å². The maximum atomic E-state index is 12.3. The van der Waals surface area contributed by atoms with E-state index in [1.807, 2.05) is 20.8 Å². The Morgan fingerprint density at radius 3 is 2.80 bits per heavy atom. The van der Waals surface area contributed by atoms with Crippen LogP contribution in [-0.4, -0.2) is 20.7 Å². The zero-order valence-corrected chi connectivity index (χ0v) is 12.9. The van der Waals surface area contributed by atoms with E-state index in [1.165, 1.54) is 4.68 Å². The van der Waals surface area contributed by atoms with Crippen molar-refractivity contribution in [1.82, 2.24) is 20.1 Å². The smallest absolute Gasteiger partial charge is 0.272 e. The predicted molar refractivity (Wildman–Crippen MR) is 79.7 cm³/mol. The zero-order chi connectivity index (χ0) is 14.9. The van der Waals surface area contributed by atoms with Crippen molar-refractivity contribution >= 4 is 22.9 Å². The molecule has 1 atom stereocenters. The summed E-state index contributed by atoms with van der Waals surface area (Å²) in [5.74, 6) is -0.224. The molecule has 0 aliphatic heterocycles. The lowest BCUT2D eigenvalue weighted by Gasteiger charge is -2.11. The molecule has 0 saturated carbocycles. The summed E-state index contributed by atoms with van der Waals surface area (Å²) in [5, 5.41) is 8.05. The Kier molecular flexibility index (Phi) is 4.08. The lowest BCUT2D eigenvalue weighted by Crippen LogP contribution is -2.29. The Morgan fingerprint density at radius 2 is 2.30 bits per heavy atom. The highest BCUT2D eigenvalue weighted by Crippen LogP contribution is 2.21. The lowest BCUT2D eigenvalue weighted by atomic mass is 10.2. The monoisotopic (exact) mass is 293 g/mol. The van der Waals surface area contributed by atoms with Crippen molar-refractivity contribution in [2.75, 3.05) is 5.73 Å². The molecule has 3 N–H and O–H groups in total. The summed E-state index contributed by atoms with van der Waals surface area (Å²) in [5.41, 5.74) is 7.58. The molecule has 2 rings (SSSR count). The number of hydrogen-bond acceptors (Lipinski definition) is 5. The van der Waals surface area contributed by atoms with Gasteiger partial charge in [0.15, 0.2) is 0 Å². The zero-order valence-electron chi connectivity index (χ0n) is 12.1. The quantitative estimate of drug-likeness (QED) is 0.900. The molecule has 7 heteroatoms. The van der Waals surface area contributed by atoms with Crippen molar-refractivity contribution in [2.24, 2.45) is 7.05 Å². The van der Waals surface area contributed by atoms with Crippen molar-refractivity contribution in [3.05, 3.63) is 27.5 Å². The number of rotatable bonds is 4. The van der Waals surface area contributed by atoms with Crippen LogP contribution >= 0.6 is 11.3 Å². The van der Waals surface area contributed by atoms with Crippen LogP contribution in [0.5, 0.6) is 0 Å². The third-order valence-electron chi connectivity index (χ3n) is 3.07. The van der Waals surface area contributed by atoms with E-state index in [4.69, 9.17) is 5.73 Å². The first kappa shape index (κ1) is 14.5. The van der Waals surface area contributed by atoms with Gasteiger partial charge < -0.3 is 11.1 Å². The van der Waals surface area contributed by atoms with Gasteiger partial charge >= 0.3 is 0 Å². The molecule has 2 aromatic rings. The maximum absolute atomic E-state index is 12.3. The minimum absolute atomic E-state index is 0.152. The van der Waals surface area contributed by atoms with Crippen LogP contribution in [0.4, 0.5) is 5.69 Å². The van der Waals surface area contributed by atoms with Gasteiger partial charge in [0.05, 0.1) is 17.4 Å². The minimum atomic E-state index is -0.224. The molecule has 0 aliphatic rings. The number of anilines is 1. The number of aromatic nitrogens is 3. The third kappa shape index (κ3) is 2.67. The summed E-state index contributed by atoms with van der Waals surface area (Å²) < 4.78 is 1.53. The fourth-order valence-electron chi connectivity index (χ4n) is 2.03. The van der Waals surface area contributed by atoms with Gasteiger partial charge in [-0.3, -0.25) is 9.48 Å². The Hall–Kier alpha value is -1.89. The van der Waals surface area contributed by atoms with E-state index in [2.05, 4.69) is 15.4 Å². The summed E-state index contributed by atoms with van der Waals surface area (Å²) in [7, 11) is 1.72. The summed E-state index contributed by atoms with van der Waals surface area (Å²) in [6, 6.07) is -0.152. The number of nitrogens with two attached hydrogens (primary N) is 1. The molecular formula is C13H19N5OS. The Morgan fingerprint density at radius 1 is 1.60 bits per heavy atom. The fraction of sp³-hybridized carbons (Fsp3) is 0.462. The van der Waals surface area contributed by atoms with Crippen LogP contribution in [0.25, 0.3) is 0 Å². The molecule has 0 spiro atoms. The largest absolute Gasteiger partial charge is 0.395 e. The van der Waals surface area contributed by atoms with Gasteiger partial charge in [0.2, 0.25) is 0 Å². The number of nitrogens with one attached hydrogen (secondary N) is 1. The SMILES string of the molecule is CCc1nn(C)c(C(=O)NC(C)c2ncc(C)s2)c1N. The average molecular weight is 293 g/mol. The van der Waals surface area contributed by atoms with Gasteiger partial charge in [-0.2, -0.15) is 5.10 Å². The second-order valence-corrected chi connectivity index (χ2v) is 5.96. The van der Waals surface area contributed by atoms with Crippen LogP contribution in [0.1, 0.15) is 46.0 Å². The van der Waals surface area contributed by atoms with Crippen LogP contribution in [0, 0.1) is 6.92 Å². The second-order valence-electron chi connectivity index (χ2n) is 4.69. The summed E-state index contributed by atoms with van der Waals surface area (Å²) in [4.78, 5) is 17.7. The molecule has 2 heterocycles. The number of nitrogens with zero attached hydrogens (tertiary/aromatic N) is 3. The van der Waals surface area contributed by atoms with Gasteiger partial charge in [0.1, 0.15) is 10.7 Å². The van der Waals surface area contributed by atoms with E-state index in [1.54, 1.807) is 24.6 Å². The first-order valence-corrected chi connectivity index (χ1v) is 7.30. The molecular weight excluding hydrogens is 274 g/mol. The number of carbonyl (C=O) groups is 1. The van der Waals surface area contributed by atoms with Crippen LogP contribution in [0.15, 0.2) is 6.20 Å². The molecule has 0 bridgehead atoms. The molecule has 0 aliphatic carbocycles.